The molecule has 0 radical (unpaired) electrons. The molecule has 2 aliphatic carbocycles. The molecule has 0 bridgehead atoms. The highest BCUT2D eigenvalue weighted by Crippen LogP contribution is 2.62. The van der Waals surface area contributed by atoms with E-state index in [1.54, 1.807) is 6.07 Å². The number of H-pyrrole nitrogens is 1. The van der Waals surface area contributed by atoms with Crippen LogP contribution in [0.15, 0.2) is 57.8 Å². The highest BCUT2D eigenvalue weighted by Gasteiger charge is 2.52. The van der Waals surface area contributed by atoms with Crippen LogP contribution in [-0.2, 0) is 19.0 Å². The molecule has 2 aliphatic rings. The Hall–Kier alpha value is -2.76. The van der Waals surface area contributed by atoms with Gasteiger partial charge in [-0.25, -0.2) is 0 Å². The maximum atomic E-state index is 13.1. The van der Waals surface area contributed by atoms with Crippen molar-refractivity contribution in [2.75, 3.05) is 0 Å². The van der Waals surface area contributed by atoms with Crippen LogP contribution in [0.2, 0.25) is 0 Å². The number of fused-ring (bicyclic) bond motifs is 1. The first-order valence-electron chi connectivity index (χ1n) is 9.32. The third-order valence-electron chi connectivity index (χ3n) is 6.23. The molecule has 2 aromatic carbocycles. The van der Waals surface area contributed by atoms with Gasteiger partial charge in [0.1, 0.15) is 0 Å². The number of aromatic amines is 1. The van der Waals surface area contributed by atoms with Gasteiger partial charge in [0, 0.05) is 5.56 Å². The van der Waals surface area contributed by atoms with Crippen LogP contribution >= 0.6 is 0 Å². The predicted octanol–water partition coefficient (Wildman–Crippen LogP) is 5.32. The number of rotatable bonds is 2. The zero-order chi connectivity index (χ0) is 19.5. The maximum Gasteiger partial charge on any atom is 0.416 e. The van der Waals surface area contributed by atoms with Crippen LogP contribution in [0.1, 0.15) is 41.0 Å². The summed E-state index contributed by atoms with van der Waals surface area (Å²) in [6.07, 6.45) is -0.747. The second-order valence-corrected chi connectivity index (χ2v) is 7.98. The summed E-state index contributed by atoms with van der Waals surface area (Å²) in [5.74, 6) is 0.626. The van der Waals surface area contributed by atoms with Gasteiger partial charge in [0.25, 0.3) is 5.56 Å². The first-order valence-corrected chi connectivity index (χ1v) is 9.32. The van der Waals surface area contributed by atoms with Gasteiger partial charge >= 0.3 is 6.18 Å². The van der Waals surface area contributed by atoms with Gasteiger partial charge in [-0.1, -0.05) is 24.3 Å². The monoisotopic (exact) mass is 385 g/mol. The second-order valence-electron chi connectivity index (χ2n) is 7.98. The Labute approximate surface area is 159 Å². The Morgan fingerprint density at radius 2 is 1.86 bits per heavy atom. The molecule has 0 aliphatic heterocycles. The molecular formula is C22H18F3NO2. The molecule has 1 heterocycles. The number of hydrogen-bond donors (Lipinski definition) is 1. The SMILES string of the molecule is O=c1cc(-c2cccc(C3Cc4cc(C(F)(F)F)ccc4CC34CC4)c2)o[nH]1. The summed E-state index contributed by atoms with van der Waals surface area (Å²) in [5, 5.41) is 2.29. The van der Waals surface area contributed by atoms with E-state index in [2.05, 4.69) is 5.16 Å². The minimum absolute atomic E-state index is 0.129. The molecule has 0 saturated heterocycles. The number of aromatic nitrogens is 1. The van der Waals surface area contributed by atoms with Crippen LogP contribution in [0.5, 0.6) is 0 Å². The van der Waals surface area contributed by atoms with Crippen LogP contribution in [0, 0.1) is 5.41 Å². The molecule has 0 amide bonds. The Morgan fingerprint density at radius 1 is 1.04 bits per heavy atom. The van der Waals surface area contributed by atoms with Crippen molar-refractivity contribution in [1.82, 2.24) is 5.16 Å². The molecule has 1 fully saturated rings. The molecule has 3 nitrogen and oxygen atoms in total. The quantitative estimate of drug-likeness (QED) is 0.649. The van der Waals surface area contributed by atoms with Crippen LogP contribution in [0.25, 0.3) is 11.3 Å². The Kier molecular flexibility index (Phi) is 3.63. The smallest absolute Gasteiger partial charge is 0.378 e. The largest absolute Gasteiger partial charge is 0.416 e. The maximum absolute atomic E-state index is 13.1. The first kappa shape index (κ1) is 17.3. The van der Waals surface area contributed by atoms with E-state index in [1.807, 2.05) is 24.3 Å². The van der Waals surface area contributed by atoms with Crippen molar-refractivity contribution in [2.24, 2.45) is 5.41 Å². The lowest BCUT2D eigenvalue weighted by Gasteiger charge is -2.34. The van der Waals surface area contributed by atoms with Gasteiger partial charge in [0.15, 0.2) is 5.76 Å². The number of halogens is 3. The zero-order valence-corrected chi connectivity index (χ0v) is 15.0. The minimum atomic E-state index is -4.33. The normalized spacial score (nSPS) is 20.2. The molecule has 1 aromatic heterocycles. The third-order valence-corrected chi connectivity index (χ3v) is 6.23. The van der Waals surface area contributed by atoms with E-state index in [-0.39, 0.29) is 16.9 Å². The standard InChI is InChI=1S/C22H18F3NO2/c23-22(24,25)17-5-4-15-12-21(6-7-21)18(10-16(15)9-17)13-2-1-3-14(8-13)19-11-20(27)26-28-19/h1-5,8-9,11,18H,6-7,10,12H2,(H,26,27). The highest BCUT2D eigenvalue weighted by molar-refractivity contribution is 5.58. The summed E-state index contributed by atoms with van der Waals surface area (Å²) < 4.78 is 44.6. The molecule has 144 valence electrons. The van der Waals surface area contributed by atoms with Gasteiger partial charge in [0.05, 0.1) is 11.6 Å². The van der Waals surface area contributed by atoms with Gasteiger partial charge < -0.3 is 4.52 Å². The van der Waals surface area contributed by atoms with Gasteiger partial charge in [-0.15, -0.1) is 0 Å². The van der Waals surface area contributed by atoms with E-state index in [9.17, 15) is 18.0 Å². The summed E-state index contributed by atoms with van der Waals surface area (Å²) in [4.78, 5) is 11.4. The summed E-state index contributed by atoms with van der Waals surface area (Å²) in [6, 6.07) is 13.4. The number of alkyl halides is 3. The third kappa shape index (κ3) is 2.87. The molecule has 1 saturated carbocycles. The van der Waals surface area contributed by atoms with E-state index < -0.39 is 11.7 Å². The fraction of sp³-hybridized carbons (Fsp3) is 0.318. The molecular weight excluding hydrogens is 367 g/mol. The number of nitrogens with one attached hydrogen (secondary N) is 1. The lowest BCUT2D eigenvalue weighted by molar-refractivity contribution is -0.137. The van der Waals surface area contributed by atoms with Crippen LogP contribution in [-0.4, -0.2) is 5.16 Å². The predicted molar refractivity (Wildman–Crippen MR) is 98.0 cm³/mol. The molecule has 6 heteroatoms. The number of benzene rings is 2. The summed E-state index contributed by atoms with van der Waals surface area (Å²) in [6.45, 7) is 0. The molecule has 28 heavy (non-hydrogen) atoms. The van der Waals surface area contributed by atoms with Crippen molar-refractivity contribution in [3.05, 3.63) is 81.1 Å². The molecule has 5 rings (SSSR count). The molecule has 1 N–H and O–H groups in total. The van der Waals surface area contributed by atoms with Crippen molar-refractivity contribution in [2.45, 2.75) is 37.8 Å². The van der Waals surface area contributed by atoms with E-state index in [0.717, 1.165) is 41.5 Å². The van der Waals surface area contributed by atoms with Crippen LogP contribution in [0.4, 0.5) is 13.2 Å². The van der Waals surface area contributed by atoms with Crippen molar-refractivity contribution in [3.63, 3.8) is 0 Å². The Morgan fingerprint density at radius 3 is 2.54 bits per heavy atom. The van der Waals surface area contributed by atoms with Crippen LogP contribution < -0.4 is 5.56 Å². The Bertz CT molecular complexity index is 1110. The van der Waals surface area contributed by atoms with E-state index in [0.29, 0.717) is 12.2 Å². The van der Waals surface area contributed by atoms with Gasteiger partial charge in [-0.3, -0.25) is 4.79 Å². The van der Waals surface area contributed by atoms with E-state index >= 15 is 0 Å². The van der Waals surface area contributed by atoms with Crippen LogP contribution in [0.3, 0.4) is 0 Å². The van der Waals surface area contributed by atoms with Crippen molar-refractivity contribution in [3.8, 4) is 11.3 Å². The van der Waals surface area contributed by atoms with Crippen molar-refractivity contribution in [1.29, 1.82) is 0 Å². The first-order chi connectivity index (χ1) is 13.3. The number of hydrogen-bond acceptors (Lipinski definition) is 2. The molecule has 3 aromatic rings. The zero-order valence-electron chi connectivity index (χ0n) is 15.0. The molecule has 1 unspecified atom stereocenters. The van der Waals surface area contributed by atoms with Crippen molar-refractivity contribution >= 4 is 0 Å². The second kappa shape index (κ2) is 5.87. The Balaban J connectivity index is 1.53. The van der Waals surface area contributed by atoms with E-state index in [1.165, 1.54) is 18.2 Å². The average Bonchev–Trinajstić information content (AvgIpc) is 3.28. The van der Waals surface area contributed by atoms with Crippen molar-refractivity contribution < 1.29 is 17.7 Å². The summed E-state index contributed by atoms with van der Waals surface area (Å²) in [7, 11) is 0. The fourth-order valence-electron chi connectivity index (χ4n) is 4.60. The summed E-state index contributed by atoms with van der Waals surface area (Å²) >= 11 is 0. The minimum Gasteiger partial charge on any atom is -0.378 e. The lowest BCUT2D eigenvalue weighted by atomic mass is 9.70. The van der Waals surface area contributed by atoms with Gasteiger partial charge in [-0.2, -0.15) is 18.3 Å². The molecule has 1 atom stereocenters. The van der Waals surface area contributed by atoms with Gasteiger partial charge in [0.2, 0.25) is 0 Å². The fourth-order valence-corrected chi connectivity index (χ4v) is 4.60. The summed E-state index contributed by atoms with van der Waals surface area (Å²) in [5.41, 5.74) is 2.95. The van der Waals surface area contributed by atoms with Gasteiger partial charge in [-0.05, 0) is 71.9 Å². The van der Waals surface area contributed by atoms with E-state index in [4.69, 9.17) is 4.52 Å². The highest BCUT2D eigenvalue weighted by atomic mass is 19.4. The topological polar surface area (TPSA) is 46.0 Å². The average molecular weight is 385 g/mol. The molecule has 1 spiro atoms. The lowest BCUT2D eigenvalue weighted by Crippen LogP contribution is -2.25.